The molecule has 0 atom stereocenters. The Morgan fingerprint density at radius 3 is 2.75 bits per heavy atom. The molecule has 0 aliphatic carbocycles. The number of para-hydroxylation sites is 1. The zero-order valence-corrected chi connectivity index (χ0v) is 11.6. The van der Waals surface area contributed by atoms with E-state index in [4.69, 9.17) is 0 Å². The first kappa shape index (κ1) is 12.6. The second-order valence-corrected chi connectivity index (χ2v) is 4.87. The van der Waals surface area contributed by atoms with E-state index >= 15 is 0 Å². The van der Waals surface area contributed by atoms with Gasteiger partial charge in [-0.05, 0) is 24.1 Å². The number of ketones is 1. The smallest absolute Gasteiger partial charge is 0.213 e. The number of carbonyl (C=O) groups is 1. The number of nitrogens with zero attached hydrogens (tertiary/aromatic N) is 2. The Morgan fingerprint density at radius 1 is 1.15 bits per heavy atom. The molecule has 20 heavy (non-hydrogen) atoms. The van der Waals surface area contributed by atoms with Gasteiger partial charge in [-0.25, -0.2) is 0 Å². The summed E-state index contributed by atoms with van der Waals surface area (Å²) < 4.78 is 1.76. The van der Waals surface area contributed by atoms with Crippen LogP contribution in [0.2, 0.25) is 0 Å². The fourth-order valence-electron chi connectivity index (χ4n) is 2.45. The summed E-state index contributed by atoms with van der Waals surface area (Å²) in [6.45, 7) is 2.08. The maximum absolute atomic E-state index is 12.7. The van der Waals surface area contributed by atoms with Gasteiger partial charge in [0.2, 0.25) is 5.78 Å². The second-order valence-electron chi connectivity index (χ2n) is 4.87. The zero-order chi connectivity index (χ0) is 14.1. The van der Waals surface area contributed by atoms with Gasteiger partial charge in [-0.3, -0.25) is 9.48 Å². The van der Waals surface area contributed by atoms with Crippen LogP contribution in [0.25, 0.3) is 10.9 Å². The molecular weight excluding hydrogens is 248 g/mol. The van der Waals surface area contributed by atoms with E-state index < -0.39 is 0 Å². The van der Waals surface area contributed by atoms with Crippen molar-refractivity contribution >= 4 is 16.7 Å². The van der Waals surface area contributed by atoms with E-state index in [0.29, 0.717) is 11.3 Å². The van der Waals surface area contributed by atoms with Gasteiger partial charge in [-0.1, -0.05) is 43.3 Å². The van der Waals surface area contributed by atoms with Gasteiger partial charge in [-0.2, -0.15) is 5.10 Å². The minimum absolute atomic E-state index is 0.0166. The largest absolute Gasteiger partial charge is 0.287 e. The van der Waals surface area contributed by atoms with E-state index in [0.717, 1.165) is 22.9 Å². The average molecular weight is 264 g/mol. The molecule has 0 saturated carbocycles. The van der Waals surface area contributed by atoms with Crippen LogP contribution in [0.4, 0.5) is 0 Å². The number of hydrogen-bond donors (Lipinski definition) is 0. The first-order valence-corrected chi connectivity index (χ1v) is 6.76. The lowest BCUT2D eigenvalue weighted by Crippen LogP contribution is -2.04. The lowest BCUT2D eigenvalue weighted by atomic mass is 10.0. The van der Waals surface area contributed by atoms with Gasteiger partial charge in [-0.15, -0.1) is 0 Å². The van der Waals surface area contributed by atoms with Crippen LogP contribution in [-0.2, 0) is 13.5 Å². The van der Waals surface area contributed by atoms with E-state index in [1.54, 1.807) is 4.68 Å². The molecule has 0 N–H and O–H groups in total. The Labute approximate surface area is 117 Å². The second kappa shape index (κ2) is 4.93. The molecular formula is C17H16N2O. The molecule has 100 valence electrons. The molecule has 0 spiro atoms. The fraction of sp³-hybridized carbons (Fsp3) is 0.176. The third kappa shape index (κ3) is 2.01. The Bertz CT molecular complexity index is 787. The number of hydrogen-bond acceptors (Lipinski definition) is 2. The third-order valence-electron chi connectivity index (χ3n) is 3.57. The summed E-state index contributed by atoms with van der Waals surface area (Å²) >= 11 is 0. The van der Waals surface area contributed by atoms with Crippen molar-refractivity contribution < 1.29 is 4.79 Å². The molecule has 3 aromatic rings. The number of rotatable bonds is 3. The minimum Gasteiger partial charge on any atom is -0.287 e. The summed E-state index contributed by atoms with van der Waals surface area (Å²) in [6, 6.07) is 15.6. The molecule has 3 heteroatoms. The van der Waals surface area contributed by atoms with E-state index in [1.807, 2.05) is 55.6 Å². The summed E-state index contributed by atoms with van der Waals surface area (Å²) in [5.74, 6) is -0.0166. The van der Waals surface area contributed by atoms with Crippen molar-refractivity contribution in [1.29, 1.82) is 0 Å². The quantitative estimate of drug-likeness (QED) is 0.680. The summed E-state index contributed by atoms with van der Waals surface area (Å²) in [6.07, 6.45) is 0.921. The van der Waals surface area contributed by atoms with Crippen molar-refractivity contribution in [2.24, 2.45) is 7.05 Å². The SMILES string of the molecule is CCc1cccc(C(=O)c2nn(C)c3ccccc23)c1. The Morgan fingerprint density at radius 2 is 1.95 bits per heavy atom. The molecule has 0 aliphatic rings. The number of carbonyl (C=O) groups excluding carboxylic acids is 1. The van der Waals surface area contributed by atoms with E-state index in [2.05, 4.69) is 12.0 Å². The Balaban J connectivity index is 2.13. The highest BCUT2D eigenvalue weighted by atomic mass is 16.1. The summed E-state index contributed by atoms with van der Waals surface area (Å²) in [5.41, 5.74) is 3.36. The first-order valence-electron chi connectivity index (χ1n) is 6.76. The maximum Gasteiger partial charge on any atom is 0.213 e. The molecule has 0 amide bonds. The van der Waals surface area contributed by atoms with Crippen LogP contribution in [0.5, 0.6) is 0 Å². The molecule has 2 aromatic carbocycles. The van der Waals surface area contributed by atoms with Crippen LogP contribution < -0.4 is 0 Å². The molecule has 3 rings (SSSR count). The molecule has 3 nitrogen and oxygen atoms in total. The Hall–Kier alpha value is -2.42. The van der Waals surface area contributed by atoms with Gasteiger partial charge >= 0.3 is 0 Å². The minimum atomic E-state index is -0.0166. The van der Waals surface area contributed by atoms with Crippen LogP contribution in [0.15, 0.2) is 48.5 Å². The molecule has 0 bridgehead atoms. The molecule has 0 radical (unpaired) electrons. The molecule has 0 saturated heterocycles. The number of aryl methyl sites for hydroxylation is 2. The highest BCUT2D eigenvalue weighted by Gasteiger charge is 2.17. The van der Waals surface area contributed by atoms with Crippen molar-refractivity contribution in [3.05, 3.63) is 65.4 Å². The van der Waals surface area contributed by atoms with Gasteiger partial charge in [0.15, 0.2) is 0 Å². The number of fused-ring (bicyclic) bond motifs is 1. The lowest BCUT2D eigenvalue weighted by molar-refractivity contribution is 0.103. The fourth-order valence-corrected chi connectivity index (χ4v) is 2.45. The number of benzene rings is 2. The topological polar surface area (TPSA) is 34.9 Å². The predicted molar refractivity (Wildman–Crippen MR) is 80.0 cm³/mol. The summed E-state index contributed by atoms with van der Waals surface area (Å²) in [4.78, 5) is 12.7. The van der Waals surface area contributed by atoms with Gasteiger partial charge < -0.3 is 0 Å². The molecule has 0 aliphatic heterocycles. The van der Waals surface area contributed by atoms with Crippen molar-refractivity contribution in [1.82, 2.24) is 9.78 Å². The Kier molecular flexibility index (Phi) is 3.11. The normalized spacial score (nSPS) is 10.9. The zero-order valence-electron chi connectivity index (χ0n) is 11.6. The predicted octanol–water partition coefficient (Wildman–Crippen LogP) is 3.37. The van der Waals surface area contributed by atoms with Gasteiger partial charge in [0, 0.05) is 18.0 Å². The average Bonchev–Trinajstić information content (AvgIpc) is 2.84. The molecule has 1 aromatic heterocycles. The van der Waals surface area contributed by atoms with Crippen molar-refractivity contribution in [2.75, 3.05) is 0 Å². The first-order chi connectivity index (χ1) is 9.70. The number of aromatic nitrogens is 2. The lowest BCUT2D eigenvalue weighted by Gasteiger charge is -2.01. The van der Waals surface area contributed by atoms with E-state index in [9.17, 15) is 4.79 Å². The van der Waals surface area contributed by atoms with Crippen molar-refractivity contribution in [3.63, 3.8) is 0 Å². The standard InChI is InChI=1S/C17H16N2O/c1-3-12-7-6-8-13(11-12)17(20)16-14-9-4-5-10-15(14)19(2)18-16/h4-11H,3H2,1-2H3. The summed E-state index contributed by atoms with van der Waals surface area (Å²) in [5, 5.41) is 5.29. The molecule has 0 fully saturated rings. The van der Waals surface area contributed by atoms with Crippen molar-refractivity contribution in [2.45, 2.75) is 13.3 Å². The maximum atomic E-state index is 12.7. The summed E-state index contributed by atoms with van der Waals surface area (Å²) in [7, 11) is 1.86. The van der Waals surface area contributed by atoms with Crippen LogP contribution >= 0.6 is 0 Å². The van der Waals surface area contributed by atoms with Crippen LogP contribution in [0.3, 0.4) is 0 Å². The van der Waals surface area contributed by atoms with Crippen LogP contribution in [0.1, 0.15) is 28.5 Å². The van der Waals surface area contributed by atoms with E-state index in [1.165, 1.54) is 0 Å². The van der Waals surface area contributed by atoms with Crippen LogP contribution in [0, 0.1) is 0 Å². The monoisotopic (exact) mass is 264 g/mol. The van der Waals surface area contributed by atoms with Gasteiger partial charge in [0.05, 0.1) is 5.52 Å². The molecule has 1 heterocycles. The molecule has 0 unspecified atom stereocenters. The highest BCUT2D eigenvalue weighted by molar-refractivity contribution is 6.14. The van der Waals surface area contributed by atoms with Gasteiger partial charge in [0.25, 0.3) is 0 Å². The van der Waals surface area contributed by atoms with Crippen LogP contribution in [-0.4, -0.2) is 15.6 Å². The van der Waals surface area contributed by atoms with Gasteiger partial charge in [0.1, 0.15) is 5.69 Å². The third-order valence-corrected chi connectivity index (χ3v) is 3.57. The van der Waals surface area contributed by atoms with Crippen molar-refractivity contribution in [3.8, 4) is 0 Å². The highest BCUT2D eigenvalue weighted by Crippen LogP contribution is 2.20. The van der Waals surface area contributed by atoms with E-state index in [-0.39, 0.29) is 5.78 Å².